The monoisotopic (exact) mass is 342 g/mol. The van der Waals surface area contributed by atoms with Crippen LogP contribution >= 0.6 is 11.3 Å². The van der Waals surface area contributed by atoms with E-state index in [1.54, 1.807) is 6.08 Å². The molecule has 1 aromatic carbocycles. The van der Waals surface area contributed by atoms with Gasteiger partial charge in [-0.25, -0.2) is 0 Å². The van der Waals surface area contributed by atoms with Crippen LogP contribution < -0.4 is 0 Å². The van der Waals surface area contributed by atoms with Gasteiger partial charge in [0.05, 0.1) is 4.88 Å². The molecule has 0 aliphatic rings. The molecule has 0 bridgehead atoms. The van der Waals surface area contributed by atoms with Crippen LogP contribution in [0.3, 0.4) is 0 Å². The zero-order valence-corrected chi connectivity index (χ0v) is 16.1. The molecule has 0 fully saturated rings. The van der Waals surface area contributed by atoms with E-state index in [2.05, 4.69) is 41.5 Å². The second kappa shape index (κ2) is 6.56. The van der Waals surface area contributed by atoms with Crippen molar-refractivity contribution in [3.63, 3.8) is 0 Å². The van der Waals surface area contributed by atoms with Crippen molar-refractivity contribution in [2.75, 3.05) is 0 Å². The fourth-order valence-corrected chi connectivity index (χ4v) is 3.21. The van der Waals surface area contributed by atoms with E-state index in [1.165, 1.54) is 11.3 Å². The second-order valence-corrected chi connectivity index (χ2v) is 9.09. The van der Waals surface area contributed by atoms with E-state index in [0.717, 1.165) is 21.6 Å². The number of carbonyl (C=O) groups is 1. The highest BCUT2D eigenvalue weighted by molar-refractivity contribution is 7.12. The fraction of sp³-hybridized carbons (Fsp3) is 0.381. The lowest BCUT2D eigenvalue weighted by Gasteiger charge is -2.27. The van der Waals surface area contributed by atoms with Crippen molar-refractivity contribution < 1.29 is 9.90 Å². The maximum Gasteiger partial charge on any atom is 0.195 e. The molecule has 0 aliphatic heterocycles. The molecule has 0 spiro atoms. The molecule has 1 heterocycles. The summed E-state index contributed by atoms with van der Waals surface area (Å²) in [6.07, 6.45) is 3.45. The smallest absolute Gasteiger partial charge is 0.195 e. The molecule has 1 aromatic heterocycles. The molecule has 128 valence electrons. The van der Waals surface area contributed by atoms with Gasteiger partial charge in [-0.2, -0.15) is 0 Å². The van der Waals surface area contributed by atoms with E-state index in [4.69, 9.17) is 0 Å². The summed E-state index contributed by atoms with van der Waals surface area (Å²) in [6, 6.07) is 7.66. The van der Waals surface area contributed by atoms with E-state index in [1.807, 2.05) is 35.7 Å². The summed E-state index contributed by atoms with van der Waals surface area (Å²) in [5.74, 6) is 0.365. The highest BCUT2D eigenvalue weighted by Gasteiger charge is 2.26. The van der Waals surface area contributed by atoms with Crippen molar-refractivity contribution in [1.82, 2.24) is 0 Å². The predicted octanol–water partition coefficient (Wildman–Crippen LogP) is 5.94. The van der Waals surface area contributed by atoms with Gasteiger partial charge in [0.25, 0.3) is 0 Å². The number of rotatable bonds is 3. The van der Waals surface area contributed by atoms with Crippen LogP contribution in [0, 0.1) is 0 Å². The first-order chi connectivity index (χ1) is 11.0. The highest BCUT2D eigenvalue weighted by Crippen LogP contribution is 2.40. The summed E-state index contributed by atoms with van der Waals surface area (Å²) in [5.41, 5.74) is 2.39. The molecule has 0 amide bonds. The number of benzene rings is 1. The lowest BCUT2D eigenvalue weighted by molar-refractivity contribution is 0.105. The Hall–Kier alpha value is -1.87. The first-order valence-electron chi connectivity index (χ1n) is 8.14. The van der Waals surface area contributed by atoms with Crippen molar-refractivity contribution in [3.8, 4) is 5.75 Å². The predicted molar refractivity (Wildman–Crippen MR) is 103 cm³/mol. The number of thiophene rings is 1. The van der Waals surface area contributed by atoms with Crippen LogP contribution in [-0.2, 0) is 10.8 Å². The van der Waals surface area contributed by atoms with E-state index >= 15 is 0 Å². The number of phenolic OH excluding ortho intramolecular Hbond substituents is 1. The maximum atomic E-state index is 12.2. The Balaban J connectivity index is 2.49. The normalized spacial score (nSPS) is 12.8. The average Bonchev–Trinajstić information content (AvgIpc) is 2.97. The molecule has 0 saturated carbocycles. The number of phenols is 1. The van der Waals surface area contributed by atoms with Crippen molar-refractivity contribution in [2.24, 2.45) is 0 Å². The third kappa shape index (κ3) is 4.15. The van der Waals surface area contributed by atoms with Gasteiger partial charge in [-0.15, -0.1) is 11.3 Å². The number of hydrogen-bond donors (Lipinski definition) is 1. The molecule has 0 aliphatic carbocycles. The largest absolute Gasteiger partial charge is 0.507 e. The second-order valence-electron chi connectivity index (χ2n) is 8.14. The summed E-state index contributed by atoms with van der Waals surface area (Å²) < 4.78 is 0. The number of carbonyl (C=O) groups excluding carboxylic acids is 1. The highest BCUT2D eigenvalue weighted by atomic mass is 32.1. The molecule has 2 rings (SSSR count). The SMILES string of the molecule is CC(C)(C)c1cc(/C=C/C(=O)c2cccs2)cc(C(C)(C)C)c1O. The topological polar surface area (TPSA) is 37.3 Å². The Bertz CT molecular complexity index is 719. The third-order valence-corrected chi connectivity index (χ3v) is 4.82. The van der Waals surface area contributed by atoms with Crippen molar-refractivity contribution >= 4 is 23.2 Å². The van der Waals surface area contributed by atoms with Gasteiger partial charge in [-0.05, 0) is 46.0 Å². The van der Waals surface area contributed by atoms with Crippen LogP contribution in [0.2, 0.25) is 0 Å². The first-order valence-corrected chi connectivity index (χ1v) is 9.02. The minimum atomic E-state index is -0.175. The van der Waals surface area contributed by atoms with Gasteiger partial charge in [-0.1, -0.05) is 53.7 Å². The minimum Gasteiger partial charge on any atom is -0.507 e. The fourth-order valence-electron chi connectivity index (χ4n) is 2.57. The van der Waals surface area contributed by atoms with Gasteiger partial charge >= 0.3 is 0 Å². The van der Waals surface area contributed by atoms with Gasteiger partial charge in [0, 0.05) is 11.1 Å². The van der Waals surface area contributed by atoms with Crippen LogP contribution in [0.25, 0.3) is 6.08 Å². The lowest BCUT2D eigenvalue weighted by atomic mass is 9.78. The first kappa shape index (κ1) is 18.5. The number of hydrogen-bond acceptors (Lipinski definition) is 3. The van der Waals surface area contributed by atoms with E-state index in [0.29, 0.717) is 5.75 Å². The average molecular weight is 343 g/mol. The number of aromatic hydroxyl groups is 1. The van der Waals surface area contributed by atoms with E-state index < -0.39 is 0 Å². The summed E-state index contributed by atoms with van der Waals surface area (Å²) in [7, 11) is 0. The van der Waals surface area contributed by atoms with Crippen LogP contribution in [-0.4, -0.2) is 10.9 Å². The third-order valence-electron chi connectivity index (χ3n) is 3.94. The molecule has 0 saturated heterocycles. The van der Waals surface area contributed by atoms with Crippen molar-refractivity contribution in [3.05, 3.63) is 57.3 Å². The molecule has 0 unspecified atom stereocenters. The summed E-state index contributed by atoms with van der Waals surface area (Å²) in [5, 5.41) is 12.6. The van der Waals surface area contributed by atoms with E-state index in [-0.39, 0.29) is 16.6 Å². The maximum absolute atomic E-state index is 12.2. The molecule has 0 radical (unpaired) electrons. The number of allylic oxidation sites excluding steroid dienone is 1. The Morgan fingerprint density at radius 2 is 1.58 bits per heavy atom. The molecule has 3 heteroatoms. The molecular formula is C21H26O2S. The molecule has 0 atom stereocenters. The zero-order valence-electron chi connectivity index (χ0n) is 15.3. The molecular weight excluding hydrogens is 316 g/mol. The zero-order chi connectivity index (χ0) is 18.1. The van der Waals surface area contributed by atoms with Crippen LogP contribution in [0.5, 0.6) is 5.75 Å². The van der Waals surface area contributed by atoms with Gasteiger partial charge in [0.15, 0.2) is 5.78 Å². The van der Waals surface area contributed by atoms with Crippen LogP contribution in [0.1, 0.15) is 67.9 Å². The molecule has 24 heavy (non-hydrogen) atoms. The van der Waals surface area contributed by atoms with Crippen molar-refractivity contribution in [1.29, 1.82) is 0 Å². The molecule has 2 nitrogen and oxygen atoms in total. The van der Waals surface area contributed by atoms with Gasteiger partial charge in [0.1, 0.15) is 5.75 Å². The van der Waals surface area contributed by atoms with Gasteiger partial charge in [0.2, 0.25) is 0 Å². The van der Waals surface area contributed by atoms with Crippen molar-refractivity contribution in [2.45, 2.75) is 52.4 Å². The van der Waals surface area contributed by atoms with Crippen LogP contribution in [0.15, 0.2) is 35.7 Å². The van der Waals surface area contributed by atoms with Gasteiger partial charge < -0.3 is 5.11 Å². The quantitative estimate of drug-likeness (QED) is 0.553. The summed E-state index contributed by atoms with van der Waals surface area (Å²) in [6.45, 7) is 12.5. The van der Waals surface area contributed by atoms with Crippen LogP contribution in [0.4, 0.5) is 0 Å². The standard InChI is InChI=1S/C21H26O2S/c1-20(2,3)15-12-14(13-16(19(15)23)21(4,5)6)9-10-17(22)18-8-7-11-24-18/h7-13,23H,1-6H3/b10-9+. The summed E-state index contributed by atoms with van der Waals surface area (Å²) >= 11 is 1.44. The Labute approximate surface area is 148 Å². The minimum absolute atomic E-state index is 0.00712. The Kier molecular flexibility index (Phi) is 5.05. The molecule has 1 N–H and O–H groups in total. The Morgan fingerprint density at radius 1 is 1.04 bits per heavy atom. The number of ketones is 1. The Morgan fingerprint density at radius 3 is 2.00 bits per heavy atom. The molecule has 2 aromatic rings. The van der Waals surface area contributed by atoms with Gasteiger partial charge in [-0.3, -0.25) is 4.79 Å². The van der Waals surface area contributed by atoms with E-state index in [9.17, 15) is 9.90 Å². The lowest BCUT2D eigenvalue weighted by Crippen LogP contribution is -2.17. The summed E-state index contributed by atoms with van der Waals surface area (Å²) in [4.78, 5) is 12.9.